The first-order valence-electron chi connectivity index (χ1n) is 12.4. The average Bonchev–Trinajstić information content (AvgIpc) is 2.84. The summed E-state index contributed by atoms with van der Waals surface area (Å²) in [5.74, 6) is 5.54. The van der Waals surface area contributed by atoms with Crippen LogP contribution in [-0.4, -0.2) is 78.7 Å². The van der Waals surface area contributed by atoms with E-state index in [1.807, 2.05) is 6.92 Å². The van der Waals surface area contributed by atoms with Crippen molar-refractivity contribution in [3.05, 3.63) is 23.8 Å². The highest BCUT2D eigenvalue weighted by atomic mass is 32.2. The molecule has 4 atom stereocenters. The lowest BCUT2D eigenvalue weighted by Gasteiger charge is -2.38. The number of aliphatic hydroxyl groups excluding tert-OH is 2. The van der Waals surface area contributed by atoms with Crippen LogP contribution in [0.5, 0.6) is 5.75 Å². The normalized spacial score (nSPS) is 24.5. The molecule has 3 rings (SSSR count). The topological polar surface area (TPSA) is 107 Å². The second kappa shape index (κ2) is 11.7. The average molecular weight is 507 g/mol. The fourth-order valence-corrected chi connectivity index (χ4v) is 6.56. The maximum absolute atomic E-state index is 13.5. The lowest BCUT2D eigenvalue weighted by Crippen LogP contribution is -2.50. The summed E-state index contributed by atoms with van der Waals surface area (Å²) in [5, 5.41) is 19.3. The Morgan fingerprint density at radius 1 is 1.26 bits per heavy atom. The van der Waals surface area contributed by atoms with E-state index in [4.69, 9.17) is 4.74 Å². The van der Waals surface area contributed by atoms with E-state index < -0.39 is 28.3 Å². The quantitative estimate of drug-likeness (QED) is 0.593. The van der Waals surface area contributed by atoms with Crippen molar-refractivity contribution in [2.75, 3.05) is 26.7 Å². The van der Waals surface area contributed by atoms with Crippen molar-refractivity contribution in [2.45, 2.75) is 76.0 Å². The van der Waals surface area contributed by atoms with Gasteiger partial charge in [-0.15, -0.1) is 0 Å². The third kappa shape index (κ3) is 6.56. The summed E-state index contributed by atoms with van der Waals surface area (Å²) in [5.41, 5.74) is 0.514. The van der Waals surface area contributed by atoms with Crippen LogP contribution in [0.2, 0.25) is 0 Å². The van der Waals surface area contributed by atoms with Crippen LogP contribution in [0.1, 0.15) is 58.4 Å². The second-order valence-corrected chi connectivity index (χ2v) is 11.8. The zero-order chi connectivity index (χ0) is 25.8. The first-order valence-corrected chi connectivity index (χ1v) is 13.9. The van der Waals surface area contributed by atoms with Crippen LogP contribution in [0.4, 0.5) is 0 Å². The summed E-state index contributed by atoms with van der Waals surface area (Å²) >= 11 is 0. The number of hydrogen-bond acceptors (Lipinski definition) is 6. The van der Waals surface area contributed by atoms with Crippen LogP contribution in [0.3, 0.4) is 0 Å². The van der Waals surface area contributed by atoms with Gasteiger partial charge in [-0.3, -0.25) is 4.79 Å². The molecule has 35 heavy (non-hydrogen) atoms. The number of amides is 1. The SMILES string of the molecule is C[C@@H]1CN([C@H](C)CO)S(=O)(=O)c2ccc(C#C[C@@H](C)O)cc2O[C@@H]1CN(C)C(=O)C1CCCCC1. The number of likely N-dealkylation sites (N-methyl/N-ethyl adjacent to an activating group) is 1. The van der Waals surface area contributed by atoms with Gasteiger partial charge >= 0.3 is 0 Å². The predicted molar refractivity (Wildman–Crippen MR) is 133 cm³/mol. The van der Waals surface area contributed by atoms with E-state index in [0.717, 1.165) is 25.7 Å². The predicted octanol–water partition coefficient (Wildman–Crippen LogP) is 2.23. The highest BCUT2D eigenvalue weighted by Crippen LogP contribution is 2.34. The van der Waals surface area contributed by atoms with Crippen LogP contribution < -0.4 is 4.74 Å². The van der Waals surface area contributed by atoms with Crippen LogP contribution >= 0.6 is 0 Å². The van der Waals surface area contributed by atoms with Gasteiger partial charge in [-0.2, -0.15) is 4.31 Å². The molecule has 1 amide bonds. The largest absolute Gasteiger partial charge is 0.487 e. The van der Waals surface area contributed by atoms with Crippen molar-refractivity contribution in [3.8, 4) is 17.6 Å². The van der Waals surface area contributed by atoms with Gasteiger partial charge in [0.25, 0.3) is 0 Å². The van der Waals surface area contributed by atoms with Gasteiger partial charge in [0.15, 0.2) is 0 Å². The molecule has 1 aromatic rings. The molecule has 0 bridgehead atoms. The molecule has 9 heteroatoms. The molecule has 1 saturated carbocycles. The zero-order valence-corrected chi connectivity index (χ0v) is 21.9. The molecule has 0 radical (unpaired) electrons. The second-order valence-electron chi connectivity index (χ2n) is 9.90. The molecule has 0 saturated heterocycles. The van der Waals surface area contributed by atoms with E-state index in [-0.39, 0.29) is 41.5 Å². The van der Waals surface area contributed by atoms with Gasteiger partial charge in [0.1, 0.15) is 22.9 Å². The number of carbonyl (C=O) groups excluding carboxylic acids is 1. The van der Waals surface area contributed by atoms with Crippen molar-refractivity contribution in [1.29, 1.82) is 0 Å². The Kier molecular flexibility index (Phi) is 9.22. The maximum Gasteiger partial charge on any atom is 0.247 e. The monoisotopic (exact) mass is 506 g/mol. The smallest absolute Gasteiger partial charge is 0.247 e. The summed E-state index contributed by atoms with van der Waals surface area (Å²) in [6, 6.07) is 3.98. The van der Waals surface area contributed by atoms with Crippen molar-refractivity contribution >= 4 is 15.9 Å². The molecule has 1 aliphatic heterocycles. The summed E-state index contributed by atoms with van der Waals surface area (Å²) < 4.78 is 34.7. The molecule has 1 aromatic carbocycles. The summed E-state index contributed by atoms with van der Waals surface area (Å²) in [7, 11) is -2.17. The molecule has 0 spiro atoms. The highest BCUT2D eigenvalue weighted by Gasteiger charge is 2.38. The fraction of sp³-hybridized carbons (Fsp3) is 0.654. The molecular weight excluding hydrogens is 468 g/mol. The van der Waals surface area contributed by atoms with Gasteiger partial charge in [-0.1, -0.05) is 38.0 Å². The number of nitrogens with zero attached hydrogens (tertiary/aromatic N) is 2. The van der Waals surface area contributed by atoms with Crippen molar-refractivity contribution in [3.63, 3.8) is 0 Å². The van der Waals surface area contributed by atoms with E-state index in [1.54, 1.807) is 37.9 Å². The molecular formula is C26H38N2O6S. The van der Waals surface area contributed by atoms with Crippen LogP contribution in [-0.2, 0) is 14.8 Å². The lowest BCUT2D eigenvalue weighted by atomic mass is 9.88. The zero-order valence-electron chi connectivity index (χ0n) is 21.1. The van der Waals surface area contributed by atoms with Gasteiger partial charge < -0.3 is 19.8 Å². The minimum Gasteiger partial charge on any atom is -0.487 e. The molecule has 8 nitrogen and oxygen atoms in total. The Balaban J connectivity index is 1.97. The van der Waals surface area contributed by atoms with E-state index in [1.165, 1.54) is 16.8 Å². The van der Waals surface area contributed by atoms with E-state index in [2.05, 4.69) is 11.8 Å². The standard InChI is InChI=1S/C26H38N2O6S/c1-18-15-28(19(2)17-29)35(32,33)25-13-12-21(11-10-20(3)30)14-23(25)34-24(18)16-27(4)26(31)22-8-6-5-7-9-22/h12-14,18-20,22,24,29-30H,5-9,15-17H2,1-4H3/t18-,19-,20-,24-/m1/s1. The minimum atomic E-state index is -3.95. The molecule has 0 unspecified atom stereocenters. The lowest BCUT2D eigenvalue weighted by molar-refractivity contribution is -0.136. The van der Waals surface area contributed by atoms with Gasteiger partial charge in [-0.05, 0) is 44.9 Å². The highest BCUT2D eigenvalue weighted by molar-refractivity contribution is 7.89. The van der Waals surface area contributed by atoms with E-state index in [0.29, 0.717) is 12.1 Å². The fourth-order valence-electron chi connectivity index (χ4n) is 4.73. The molecule has 194 valence electrons. The molecule has 0 aromatic heterocycles. The number of hydrogen-bond donors (Lipinski definition) is 2. The first-order chi connectivity index (χ1) is 16.5. The Morgan fingerprint density at radius 3 is 2.57 bits per heavy atom. The number of carbonyl (C=O) groups is 1. The van der Waals surface area contributed by atoms with Crippen molar-refractivity contribution in [1.82, 2.24) is 9.21 Å². The Morgan fingerprint density at radius 2 is 1.94 bits per heavy atom. The van der Waals surface area contributed by atoms with Crippen LogP contribution in [0, 0.1) is 23.7 Å². The first kappa shape index (κ1) is 27.5. The number of ether oxygens (including phenoxy) is 1. The Labute approximate surface area is 209 Å². The Hall–Kier alpha value is -2.12. The van der Waals surface area contributed by atoms with E-state index in [9.17, 15) is 23.4 Å². The number of sulfonamides is 1. The van der Waals surface area contributed by atoms with Crippen LogP contribution in [0.25, 0.3) is 0 Å². The number of rotatable bonds is 5. The molecule has 1 fully saturated rings. The summed E-state index contributed by atoms with van der Waals surface area (Å²) in [6.45, 7) is 5.28. The minimum absolute atomic E-state index is 0.00134. The van der Waals surface area contributed by atoms with Gasteiger partial charge in [-0.25, -0.2) is 8.42 Å². The van der Waals surface area contributed by atoms with E-state index >= 15 is 0 Å². The van der Waals surface area contributed by atoms with Gasteiger partial charge in [0.05, 0.1) is 13.2 Å². The Bertz CT molecular complexity index is 1060. The van der Waals surface area contributed by atoms with Gasteiger partial charge in [0, 0.05) is 37.0 Å². The molecule has 2 N–H and O–H groups in total. The number of aliphatic hydroxyl groups is 2. The van der Waals surface area contributed by atoms with Crippen molar-refractivity contribution in [2.24, 2.45) is 11.8 Å². The maximum atomic E-state index is 13.5. The van der Waals surface area contributed by atoms with Crippen molar-refractivity contribution < 1.29 is 28.2 Å². The molecule has 1 heterocycles. The third-order valence-electron chi connectivity index (χ3n) is 6.88. The number of benzene rings is 1. The number of fused-ring (bicyclic) bond motifs is 1. The van der Waals surface area contributed by atoms with Gasteiger partial charge in [0.2, 0.25) is 15.9 Å². The van der Waals surface area contributed by atoms with Crippen LogP contribution in [0.15, 0.2) is 23.1 Å². The summed E-state index contributed by atoms with van der Waals surface area (Å²) in [4.78, 5) is 14.8. The molecule has 1 aliphatic carbocycles. The third-order valence-corrected chi connectivity index (χ3v) is 8.90. The molecule has 2 aliphatic rings. The summed E-state index contributed by atoms with van der Waals surface area (Å²) in [6.07, 6.45) is 3.81.